The summed E-state index contributed by atoms with van der Waals surface area (Å²) in [6.45, 7) is 0.845. The minimum atomic E-state index is -0.201. The van der Waals surface area contributed by atoms with Crippen molar-refractivity contribution in [3.05, 3.63) is 48.2 Å². The molecule has 26 heavy (non-hydrogen) atoms. The lowest BCUT2D eigenvalue weighted by atomic mass is 9.85. The highest BCUT2D eigenvalue weighted by atomic mass is 16.2. The molecule has 1 aliphatic carbocycles. The van der Waals surface area contributed by atoms with Crippen molar-refractivity contribution in [3.8, 4) is 0 Å². The molecule has 2 atom stereocenters. The smallest absolute Gasteiger partial charge is 0.254 e. The van der Waals surface area contributed by atoms with Gasteiger partial charge in [0, 0.05) is 30.4 Å². The molecule has 2 fully saturated rings. The molecule has 3 heterocycles. The Morgan fingerprint density at radius 1 is 1.00 bits per heavy atom. The summed E-state index contributed by atoms with van der Waals surface area (Å²) >= 11 is 0. The van der Waals surface area contributed by atoms with Crippen LogP contribution in [0.5, 0.6) is 0 Å². The van der Waals surface area contributed by atoms with Crippen molar-refractivity contribution in [2.45, 2.75) is 18.9 Å². The largest absolute Gasteiger partial charge is 0.361 e. The number of amides is 3. The molecule has 2 aliphatic heterocycles. The Labute approximate surface area is 150 Å². The summed E-state index contributed by atoms with van der Waals surface area (Å²) in [5.41, 5.74) is 1.55. The van der Waals surface area contributed by atoms with Gasteiger partial charge in [0.05, 0.1) is 17.9 Å². The molecule has 1 aromatic carbocycles. The first-order valence-electron chi connectivity index (χ1n) is 9.02. The molecule has 1 N–H and O–H groups in total. The maximum absolute atomic E-state index is 12.7. The van der Waals surface area contributed by atoms with Crippen LogP contribution in [0.4, 0.5) is 0 Å². The van der Waals surface area contributed by atoms with Gasteiger partial charge in [-0.25, -0.2) is 0 Å². The van der Waals surface area contributed by atoms with Crippen LogP contribution in [0.3, 0.4) is 0 Å². The van der Waals surface area contributed by atoms with E-state index in [1.54, 1.807) is 4.90 Å². The Bertz CT molecular complexity index is 928. The molecule has 2 aromatic rings. The Hall–Kier alpha value is -2.89. The Kier molecular flexibility index (Phi) is 3.29. The molecule has 6 heteroatoms. The van der Waals surface area contributed by atoms with Crippen LogP contribution in [-0.2, 0) is 9.59 Å². The maximum Gasteiger partial charge on any atom is 0.254 e. The Balaban J connectivity index is 1.29. The number of imide groups is 1. The second-order valence-electron chi connectivity index (χ2n) is 7.35. The molecular formula is C20H19N3O3. The number of nitrogens with one attached hydrogen (secondary N) is 1. The van der Waals surface area contributed by atoms with Crippen molar-refractivity contribution >= 4 is 28.6 Å². The van der Waals surface area contributed by atoms with Crippen LogP contribution in [0.1, 0.15) is 23.2 Å². The van der Waals surface area contributed by atoms with Gasteiger partial charge in [0.2, 0.25) is 11.8 Å². The topological polar surface area (TPSA) is 73.5 Å². The third-order valence-corrected chi connectivity index (χ3v) is 5.86. The second kappa shape index (κ2) is 5.56. The number of hydrogen-bond acceptors (Lipinski definition) is 3. The molecule has 0 spiro atoms. The van der Waals surface area contributed by atoms with E-state index in [0.717, 1.165) is 10.9 Å². The fourth-order valence-electron chi connectivity index (χ4n) is 4.33. The van der Waals surface area contributed by atoms with Gasteiger partial charge < -0.3 is 9.88 Å². The van der Waals surface area contributed by atoms with Gasteiger partial charge in [-0.1, -0.05) is 18.2 Å². The van der Waals surface area contributed by atoms with Crippen LogP contribution in [0, 0.1) is 11.8 Å². The van der Waals surface area contributed by atoms with Gasteiger partial charge in [-0.05, 0) is 36.4 Å². The lowest BCUT2D eigenvalue weighted by molar-refractivity contribution is -0.145. The predicted octanol–water partition coefficient (Wildman–Crippen LogP) is 1.94. The van der Waals surface area contributed by atoms with Crippen molar-refractivity contribution in [1.29, 1.82) is 0 Å². The SMILES string of the molecule is O=C(c1ccc2cc[nH]c2c1)N1CC(N2C(=O)C3CC=CCC3C2=O)C1. The first-order chi connectivity index (χ1) is 12.6. The number of likely N-dealkylation sites (tertiary alicyclic amines) is 2. The monoisotopic (exact) mass is 349 g/mol. The van der Waals surface area contributed by atoms with Gasteiger partial charge in [-0.2, -0.15) is 0 Å². The molecule has 3 amide bonds. The number of hydrogen-bond donors (Lipinski definition) is 1. The third-order valence-electron chi connectivity index (χ3n) is 5.86. The number of benzene rings is 1. The molecule has 2 saturated heterocycles. The zero-order chi connectivity index (χ0) is 17.8. The van der Waals surface area contributed by atoms with Crippen molar-refractivity contribution in [2.24, 2.45) is 11.8 Å². The van der Waals surface area contributed by atoms with Gasteiger partial charge in [0.1, 0.15) is 0 Å². The van der Waals surface area contributed by atoms with Crippen molar-refractivity contribution < 1.29 is 14.4 Å². The Morgan fingerprint density at radius 3 is 2.38 bits per heavy atom. The number of fused-ring (bicyclic) bond motifs is 2. The van der Waals surface area contributed by atoms with E-state index in [0.29, 0.717) is 31.5 Å². The molecule has 3 aliphatic rings. The molecule has 6 nitrogen and oxygen atoms in total. The van der Waals surface area contributed by atoms with E-state index >= 15 is 0 Å². The fourth-order valence-corrected chi connectivity index (χ4v) is 4.33. The summed E-state index contributed by atoms with van der Waals surface area (Å²) in [6.07, 6.45) is 7.12. The van der Waals surface area contributed by atoms with E-state index in [9.17, 15) is 14.4 Å². The van der Waals surface area contributed by atoms with Crippen LogP contribution < -0.4 is 0 Å². The minimum Gasteiger partial charge on any atom is -0.361 e. The molecule has 1 aromatic heterocycles. The van der Waals surface area contributed by atoms with Crippen molar-refractivity contribution in [3.63, 3.8) is 0 Å². The number of nitrogens with zero attached hydrogens (tertiary/aromatic N) is 2. The summed E-state index contributed by atoms with van der Waals surface area (Å²) in [5, 5.41) is 1.06. The van der Waals surface area contributed by atoms with Crippen LogP contribution >= 0.6 is 0 Å². The van der Waals surface area contributed by atoms with E-state index in [-0.39, 0.29) is 35.6 Å². The standard InChI is InChI=1S/C20H19N3O3/c24-18(13-6-5-12-7-8-21-17(12)9-13)22-10-14(11-22)23-19(25)15-3-1-2-4-16(15)20(23)26/h1-2,5-9,14-16,21H,3-4,10-11H2. The molecule has 0 radical (unpaired) electrons. The van der Waals surface area contributed by atoms with Crippen molar-refractivity contribution in [1.82, 2.24) is 14.8 Å². The lowest BCUT2D eigenvalue weighted by Gasteiger charge is -2.43. The Morgan fingerprint density at radius 2 is 1.69 bits per heavy atom. The summed E-state index contributed by atoms with van der Waals surface area (Å²) in [4.78, 5) is 44.1. The van der Waals surface area contributed by atoms with E-state index in [2.05, 4.69) is 4.98 Å². The highest BCUT2D eigenvalue weighted by molar-refractivity contribution is 6.06. The highest BCUT2D eigenvalue weighted by Gasteiger charge is 2.52. The summed E-state index contributed by atoms with van der Waals surface area (Å²) in [5.74, 6) is -0.584. The number of rotatable bonds is 2. The normalized spacial score (nSPS) is 25.7. The molecule has 132 valence electrons. The average molecular weight is 349 g/mol. The van der Waals surface area contributed by atoms with Gasteiger partial charge in [0.25, 0.3) is 5.91 Å². The average Bonchev–Trinajstić information content (AvgIpc) is 3.18. The van der Waals surface area contributed by atoms with Gasteiger partial charge in [-0.15, -0.1) is 0 Å². The zero-order valence-corrected chi connectivity index (χ0v) is 14.2. The van der Waals surface area contributed by atoms with E-state index in [1.165, 1.54) is 4.90 Å². The highest BCUT2D eigenvalue weighted by Crippen LogP contribution is 2.37. The number of carbonyl (C=O) groups is 3. The molecular weight excluding hydrogens is 330 g/mol. The van der Waals surface area contributed by atoms with Crippen molar-refractivity contribution in [2.75, 3.05) is 13.1 Å². The first kappa shape index (κ1) is 15.4. The van der Waals surface area contributed by atoms with E-state index in [4.69, 9.17) is 0 Å². The first-order valence-corrected chi connectivity index (χ1v) is 9.02. The number of aromatic nitrogens is 1. The fraction of sp³-hybridized carbons (Fsp3) is 0.350. The molecule has 5 rings (SSSR count). The summed E-state index contributed by atoms with van der Waals surface area (Å²) < 4.78 is 0. The van der Waals surface area contributed by atoms with Crippen LogP contribution in [0.15, 0.2) is 42.6 Å². The molecule has 0 bridgehead atoms. The predicted molar refractivity (Wildman–Crippen MR) is 95.2 cm³/mol. The van der Waals surface area contributed by atoms with Gasteiger partial charge >= 0.3 is 0 Å². The zero-order valence-electron chi connectivity index (χ0n) is 14.2. The van der Waals surface area contributed by atoms with Crippen LogP contribution in [0.25, 0.3) is 10.9 Å². The molecule has 0 saturated carbocycles. The minimum absolute atomic E-state index is 0.0593. The van der Waals surface area contributed by atoms with Crippen LogP contribution in [-0.4, -0.2) is 51.6 Å². The number of allylic oxidation sites excluding steroid dienone is 2. The van der Waals surface area contributed by atoms with Gasteiger partial charge in [-0.3, -0.25) is 19.3 Å². The number of aromatic amines is 1. The summed E-state index contributed by atoms with van der Waals surface area (Å²) in [6, 6.07) is 7.36. The quantitative estimate of drug-likeness (QED) is 0.665. The van der Waals surface area contributed by atoms with Crippen LogP contribution in [0.2, 0.25) is 0 Å². The molecule has 2 unspecified atom stereocenters. The maximum atomic E-state index is 12.7. The summed E-state index contributed by atoms with van der Waals surface area (Å²) in [7, 11) is 0. The lowest BCUT2D eigenvalue weighted by Crippen LogP contribution is -2.62. The van der Waals surface area contributed by atoms with Gasteiger partial charge in [0.15, 0.2) is 0 Å². The third kappa shape index (κ3) is 2.14. The number of carbonyl (C=O) groups excluding carboxylic acids is 3. The second-order valence-corrected chi connectivity index (χ2v) is 7.35. The van der Waals surface area contributed by atoms with E-state index in [1.807, 2.05) is 42.6 Å². The van der Waals surface area contributed by atoms with E-state index < -0.39 is 0 Å². The number of H-pyrrole nitrogens is 1.